The van der Waals surface area contributed by atoms with Crippen molar-refractivity contribution in [2.75, 3.05) is 5.32 Å². The van der Waals surface area contributed by atoms with Gasteiger partial charge >= 0.3 is 0 Å². The largest absolute Gasteiger partial charge is 0.325 e. The molecule has 1 fully saturated rings. The standard InChI is InChI=1S/C18H18N2O3/c1-12-3-6-15(11-13(12)2)19-17(21)18(9-10-18)14-4-7-16(8-5-14)20(22)23/h3-8,11H,9-10H2,1-2H3,(H,19,21). The molecule has 5 heteroatoms. The molecule has 1 amide bonds. The van der Waals surface area contributed by atoms with Gasteiger partial charge in [-0.2, -0.15) is 0 Å². The number of rotatable bonds is 4. The highest BCUT2D eigenvalue weighted by molar-refractivity contribution is 6.01. The number of non-ortho nitro benzene ring substituents is 1. The van der Waals surface area contributed by atoms with E-state index in [2.05, 4.69) is 5.32 Å². The number of aryl methyl sites for hydroxylation is 2. The molecule has 2 aromatic rings. The quantitative estimate of drug-likeness (QED) is 0.688. The molecule has 118 valence electrons. The Balaban J connectivity index is 1.80. The van der Waals surface area contributed by atoms with Crippen LogP contribution in [-0.2, 0) is 10.2 Å². The molecule has 23 heavy (non-hydrogen) atoms. The maximum atomic E-state index is 12.7. The molecule has 0 radical (unpaired) electrons. The van der Waals surface area contributed by atoms with Crippen LogP contribution in [0.15, 0.2) is 42.5 Å². The zero-order chi connectivity index (χ0) is 16.6. The van der Waals surface area contributed by atoms with Crippen LogP contribution in [0.1, 0.15) is 29.5 Å². The van der Waals surface area contributed by atoms with Gasteiger partial charge in [0, 0.05) is 17.8 Å². The second kappa shape index (κ2) is 5.50. The summed E-state index contributed by atoms with van der Waals surface area (Å²) < 4.78 is 0. The summed E-state index contributed by atoms with van der Waals surface area (Å²) in [7, 11) is 0. The van der Waals surface area contributed by atoms with Gasteiger partial charge < -0.3 is 5.32 Å². The van der Waals surface area contributed by atoms with Crippen LogP contribution in [0, 0.1) is 24.0 Å². The Labute approximate surface area is 134 Å². The lowest BCUT2D eigenvalue weighted by atomic mass is 9.94. The molecule has 0 unspecified atom stereocenters. The van der Waals surface area contributed by atoms with Crippen LogP contribution >= 0.6 is 0 Å². The lowest BCUT2D eigenvalue weighted by Gasteiger charge is -2.16. The molecule has 3 rings (SSSR count). The van der Waals surface area contributed by atoms with Gasteiger partial charge in [-0.05, 0) is 55.5 Å². The third-order valence-corrected chi connectivity index (χ3v) is 4.58. The molecule has 2 aromatic carbocycles. The number of anilines is 1. The lowest BCUT2D eigenvalue weighted by molar-refractivity contribution is -0.384. The topological polar surface area (TPSA) is 72.2 Å². The van der Waals surface area contributed by atoms with Crippen LogP contribution in [-0.4, -0.2) is 10.8 Å². The number of nitro groups is 1. The average Bonchev–Trinajstić information content (AvgIpc) is 3.33. The summed E-state index contributed by atoms with van der Waals surface area (Å²) >= 11 is 0. The number of hydrogen-bond acceptors (Lipinski definition) is 3. The highest BCUT2D eigenvalue weighted by Gasteiger charge is 2.51. The average molecular weight is 310 g/mol. The van der Waals surface area contributed by atoms with Gasteiger partial charge in [-0.25, -0.2) is 0 Å². The van der Waals surface area contributed by atoms with Crippen molar-refractivity contribution in [2.24, 2.45) is 0 Å². The van der Waals surface area contributed by atoms with Crippen molar-refractivity contribution in [3.63, 3.8) is 0 Å². The normalized spacial score (nSPS) is 15.0. The van der Waals surface area contributed by atoms with E-state index < -0.39 is 10.3 Å². The third kappa shape index (κ3) is 2.82. The van der Waals surface area contributed by atoms with Gasteiger partial charge in [-0.3, -0.25) is 14.9 Å². The van der Waals surface area contributed by atoms with Crippen molar-refractivity contribution in [2.45, 2.75) is 32.1 Å². The molecule has 0 saturated heterocycles. The van der Waals surface area contributed by atoms with E-state index >= 15 is 0 Å². The Morgan fingerprint density at radius 1 is 1.09 bits per heavy atom. The van der Waals surface area contributed by atoms with Crippen LogP contribution < -0.4 is 5.32 Å². The molecule has 0 atom stereocenters. The number of amides is 1. The molecule has 0 aromatic heterocycles. The lowest BCUT2D eigenvalue weighted by Crippen LogP contribution is -2.27. The zero-order valence-corrected chi connectivity index (χ0v) is 13.1. The first-order chi connectivity index (χ1) is 10.9. The van der Waals surface area contributed by atoms with Crippen molar-refractivity contribution >= 4 is 17.3 Å². The summed E-state index contributed by atoms with van der Waals surface area (Å²) in [5.41, 5.74) is 3.42. The van der Waals surface area contributed by atoms with Crippen LogP contribution in [0.3, 0.4) is 0 Å². The highest BCUT2D eigenvalue weighted by atomic mass is 16.6. The Bertz CT molecular complexity index is 777. The maximum Gasteiger partial charge on any atom is 0.269 e. The highest BCUT2D eigenvalue weighted by Crippen LogP contribution is 2.49. The SMILES string of the molecule is Cc1ccc(NC(=O)C2(c3ccc([N+](=O)[O-])cc3)CC2)cc1C. The smallest absolute Gasteiger partial charge is 0.269 e. The van der Waals surface area contributed by atoms with Gasteiger partial charge in [-0.15, -0.1) is 0 Å². The van der Waals surface area contributed by atoms with E-state index in [1.165, 1.54) is 17.7 Å². The minimum absolute atomic E-state index is 0.0408. The molecule has 0 bridgehead atoms. The molecule has 1 aliphatic rings. The van der Waals surface area contributed by atoms with Crippen molar-refractivity contribution in [3.05, 3.63) is 69.3 Å². The number of carbonyl (C=O) groups is 1. The molecular weight excluding hydrogens is 292 g/mol. The van der Waals surface area contributed by atoms with Crippen molar-refractivity contribution in [3.8, 4) is 0 Å². The summed E-state index contributed by atoms with van der Waals surface area (Å²) in [4.78, 5) is 23.0. The first-order valence-corrected chi connectivity index (χ1v) is 7.56. The van der Waals surface area contributed by atoms with Gasteiger partial charge in [-0.1, -0.05) is 18.2 Å². The second-order valence-electron chi connectivity index (χ2n) is 6.14. The van der Waals surface area contributed by atoms with Crippen molar-refractivity contribution in [1.82, 2.24) is 0 Å². The number of carbonyl (C=O) groups excluding carboxylic acids is 1. The predicted molar refractivity (Wildman–Crippen MR) is 88.6 cm³/mol. The van der Waals surface area contributed by atoms with E-state index in [4.69, 9.17) is 0 Å². The first kappa shape index (κ1) is 15.2. The van der Waals surface area contributed by atoms with E-state index in [-0.39, 0.29) is 11.6 Å². The third-order valence-electron chi connectivity index (χ3n) is 4.58. The zero-order valence-electron chi connectivity index (χ0n) is 13.1. The van der Waals surface area contributed by atoms with Gasteiger partial charge in [0.05, 0.1) is 10.3 Å². The summed E-state index contributed by atoms with van der Waals surface area (Å²) in [6.45, 7) is 4.04. The number of nitro benzene ring substituents is 1. The number of benzene rings is 2. The van der Waals surface area contributed by atoms with Crippen LogP contribution in [0.2, 0.25) is 0 Å². The summed E-state index contributed by atoms with van der Waals surface area (Å²) in [5.74, 6) is -0.0467. The number of nitrogens with zero attached hydrogens (tertiary/aromatic N) is 1. The minimum Gasteiger partial charge on any atom is -0.325 e. The van der Waals surface area contributed by atoms with Crippen molar-refractivity contribution < 1.29 is 9.72 Å². The maximum absolute atomic E-state index is 12.7. The van der Waals surface area contributed by atoms with E-state index in [1.54, 1.807) is 12.1 Å². The van der Waals surface area contributed by atoms with E-state index in [0.717, 1.165) is 29.7 Å². The fourth-order valence-corrected chi connectivity index (χ4v) is 2.74. The fraction of sp³-hybridized carbons (Fsp3) is 0.278. The molecule has 0 spiro atoms. The minimum atomic E-state index is -0.548. The Morgan fingerprint density at radius 2 is 1.74 bits per heavy atom. The number of nitrogens with one attached hydrogen (secondary N) is 1. The van der Waals surface area contributed by atoms with Gasteiger partial charge in [0.2, 0.25) is 5.91 Å². The van der Waals surface area contributed by atoms with Crippen LogP contribution in [0.25, 0.3) is 0 Å². The summed E-state index contributed by atoms with van der Waals surface area (Å²) in [6, 6.07) is 12.1. The van der Waals surface area contributed by atoms with Gasteiger partial charge in [0.1, 0.15) is 0 Å². The molecule has 5 nitrogen and oxygen atoms in total. The molecule has 0 heterocycles. The van der Waals surface area contributed by atoms with Gasteiger partial charge in [0.15, 0.2) is 0 Å². The summed E-state index contributed by atoms with van der Waals surface area (Å²) in [6.07, 6.45) is 1.53. The molecule has 1 N–H and O–H groups in total. The Hall–Kier alpha value is -2.69. The Kier molecular flexibility index (Phi) is 3.64. The fourth-order valence-electron chi connectivity index (χ4n) is 2.74. The van der Waals surface area contributed by atoms with Crippen LogP contribution in [0.4, 0.5) is 11.4 Å². The molecule has 1 saturated carbocycles. The Morgan fingerprint density at radius 3 is 2.26 bits per heavy atom. The van der Waals surface area contributed by atoms with Crippen molar-refractivity contribution in [1.29, 1.82) is 0 Å². The predicted octanol–water partition coefficient (Wildman–Crippen LogP) is 3.88. The van der Waals surface area contributed by atoms with E-state index in [9.17, 15) is 14.9 Å². The second-order valence-corrected chi connectivity index (χ2v) is 6.14. The van der Waals surface area contributed by atoms with E-state index in [1.807, 2.05) is 32.0 Å². The molecule has 1 aliphatic carbocycles. The van der Waals surface area contributed by atoms with Gasteiger partial charge in [0.25, 0.3) is 5.69 Å². The number of hydrogen-bond donors (Lipinski definition) is 1. The molecular formula is C18H18N2O3. The first-order valence-electron chi connectivity index (χ1n) is 7.56. The van der Waals surface area contributed by atoms with E-state index in [0.29, 0.717) is 0 Å². The molecule has 0 aliphatic heterocycles. The van der Waals surface area contributed by atoms with Crippen LogP contribution in [0.5, 0.6) is 0 Å². The monoisotopic (exact) mass is 310 g/mol. The summed E-state index contributed by atoms with van der Waals surface area (Å²) in [5, 5.41) is 13.7.